The molecule has 0 bridgehead atoms. The van der Waals surface area contributed by atoms with Gasteiger partial charge < -0.3 is 15.7 Å². The minimum absolute atomic E-state index is 0.0631. The molecule has 0 atom stereocenters. The number of carbonyl (C=O) groups is 1. The Morgan fingerprint density at radius 1 is 1.38 bits per heavy atom. The van der Waals surface area contributed by atoms with E-state index in [-0.39, 0.29) is 24.6 Å². The van der Waals surface area contributed by atoms with E-state index in [1.807, 2.05) is 0 Å². The van der Waals surface area contributed by atoms with Gasteiger partial charge in [-0.05, 0) is 24.5 Å². The quantitative estimate of drug-likeness (QED) is 0.579. The predicted molar refractivity (Wildman–Crippen MR) is 77.3 cm³/mol. The molecule has 7 heteroatoms. The number of rotatable bonds is 4. The highest BCUT2D eigenvalue weighted by atomic mass is 16.6. The van der Waals surface area contributed by atoms with Crippen LogP contribution in [0.4, 0.5) is 17.1 Å². The van der Waals surface area contributed by atoms with Crippen LogP contribution in [0.1, 0.15) is 31.2 Å². The molecule has 3 N–H and O–H groups in total. The third-order valence-electron chi connectivity index (χ3n) is 4.19. The molecule has 0 saturated heterocycles. The molecule has 0 spiro atoms. The third-order valence-corrected chi connectivity index (χ3v) is 4.19. The monoisotopic (exact) mass is 291 g/mol. The van der Waals surface area contributed by atoms with Gasteiger partial charge in [0.05, 0.1) is 16.9 Å². The van der Waals surface area contributed by atoms with Gasteiger partial charge in [0.1, 0.15) is 5.69 Å². The summed E-state index contributed by atoms with van der Waals surface area (Å²) in [6.45, 7) is 0.278. The molecule has 0 radical (unpaired) electrons. The third kappa shape index (κ3) is 2.69. The van der Waals surface area contributed by atoms with Gasteiger partial charge in [-0.3, -0.25) is 14.9 Å². The number of benzene rings is 1. The second-order valence-electron chi connectivity index (χ2n) is 5.79. The molecular formula is C14H17N3O4. The topological polar surface area (TPSA) is 104 Å². The number of aliphatic hydroxyl groups is 1. The van der Waals surface area contributed by atoms with Crippen LogP contribution in [-0.4, -0.2) is 28.1 Å². The number of fused-ring (bicyclic) bond motifs is 1. The summed E-state index contributed by atoms with van der Waals surface area (Å²) >= 11 is 0. The van der Waals surface area contributed by atoms with Crippen molar-refractivity contribution in [1.29, 1.82) is 0 Å². The Morgan fingerprint density at radius 2 is 2.10 bits per heavy atom. The highest BCUT2D eigenvalue weighted by molar-refractivity contribution is 6.00. The molecule has 0 aromatic heterocycles. The van der Waals surface area contributed by atoms with Crippen molar-refractivity contribution in [3.63, 3.8) is 0 Å². The summed E-state index contributed by atoms with van der Waals surface area (Å²) in [7, 11) is 0. The van der Waals surface area contributed by atoms with Crippen molar-refractivity contribution in [1.82, 2.24) is 0 Å². The summed E-state index contributed by atoms with van der Waals surface area (Å²) in [4.78, 5) is 22.1. The van der Waals surface area contributed by atoms with E-state index in [9.17, 15) is 20.0 Å². The largest absolute Gasteiger partial charge is 0.388 e. The van der Waals surface area contributed by atoms with Crippen molar-refractivity contribution in [3.05, 3.63) is 27.8 Å². The SMILES string of the molecule is O=C1Cc2cc([N+](=O)[O-])c(NCC3(O)CCCC3)cc2N1. The van der Waals surface area contributed by atoms with Gasteiger partial charge in [-0.1, -0.05) is 12.8 Å². The molecule has 1 fully saturated rings. The van der Waals surface area contributed by atoms with Crippen molar-refractivity contribution in [2.45, 2.75) is 37.7 Å². The second-order valence-corrected chi connectivity index (χ2v) is 5.79. The maximum absolute atomic E-state index is 11.4. The van der Waals surface area contributed by atoms with Crippen LogP contribution in [0.5, 0.6) is 0 Å². The van der Waals surface area contributed by atoms with E-state index in [1.165, 1.54) is 6.07 Å². The standard InChI is InChI=1S/C14H17N3O4/c18-13-6-9-5-12(17(20)21)11(7-10(9)16-13)15-8-14(19)3-1-2-4-14/h5,7,15,19H,1-4,6,8H2,(H,16,18). The lowest BCUT2D eigenvalue weighted by atomic mass is 10.0. The van der Waals surface area contributed by atoms with Crippen molar-refractivity contribution in [3.8, 4) is 0 Å². The van der Waals surface area contributed by atoms with E-state index in [0.717, 1.165) is 12.8 Å². The van der Waals surface area contributed by atoms with E-state index in [0.29, 0.717) is 29.8 Å². The number of carbonyl (C=O) groups excluding carboxylic acids is 1. The van der Waals surface area contributed by atoms with Gasteiger partial charge in [-0.25, -0.2) is 0 Å². The van der Waals surface area contributed by atoms with Gasteiger partial charge in [0, 0.05) is 18.3 Å². The Balaban J connectivity index is 1.85. The first-order chi connectivity index (χ1) is 9.97. The molecule has 3 rings (SSSR count). The van der Waals surface area contributed by atoms with E-state index in [1.54, 1.807) is 6.07 Å². The van der Waals surface area contributed by atoms with Crippen LogP contribution in [0.2, 0.25) is 0 Å². The fraction of sp³-hybridized carbons (Fsp3) is 0.500. The molecule has 1 aromatic rings. The van der Waals surface area contributed by atoms with Crippen LogP contribution in [0.3, 0.4) is 0 Å². The van der Waals surface area contributed by atoms with Crippen molar-refractivity contribution in [2.75, 3.05) is 17.2 Å². The maximum atomic E-state index is 11.4. The minimum atomic E-state index is -0.796. The van der Waals surface area contributed by atoms with Crippen molar-refractivity contribution in [2.24, 2.45) is 0 Å². The van der Waals surface area contributed by atoms with Crippen molar-refractivity contribution < 1.29 is 14.8 Å². The van der Waals surface area contributed by atoms with Gasteiger partial charge in [-0.2, -0.15) is 0 Å². The summed E-state index contributed by atoms with van der Waals surface area (Å²) in [5.41, 5.74) is 0.715. The van der Waals surface area contributed by atoms with Gasteiger partial charge in [0.15, 0.2) is 0 Å². The normalized spacial score (nSPS) is 19.2. The van der Waals surface area contributed by atoms with E-state index in [4.69, 9.17) is 0 Å². The molecular weight excluding hydrogens is 274 g/mol. The average Bonchev–Trinajstić information content (AvgIpc) is 3.00. The summed E-state index contributed by atoms with van der Waals surface area (Å²) in [6.07, 6.45) is 3.52. The number of hydrogen-bond acceptors (Lipinski definition) is 5. The summed E-state index contributed by atoms with van der Waals surface area (Å²) in [5.74, 6) is -0.161. The van der Waals surface area contributed by atoms with Gasteiger partial charge in [0.2, 0.25) is 5.91 Å². The zero-order chi connectivity index (χ0) is 15.0. The first kappa shape index (κ1) is 13.8. The minimum Gasteiger partial charge on any atom is -0.388 e. The molecule has 21 heavy (non-hydrogen) atoms. The highest BCUT2D eigenvalue weighted by Gasteiger charge is 2.32. The molecule has 2 aliphatic rings. The zero-order valence-corrected chi connectivity index (χ0v) is 11.5. The Bertz CT molecular complexity index is 608. The number of nitrogens with zero attached hydrogens (tertiary/aromatic N) is 1. The Kier molecular flexibility index (Phi) is 3.29. The van der Waals surface area contributed by atoms with Crippen LogP contribution in [0, 0.1) is 10.1 Å². The molecule has 1 amide bonds. The highest BCUT2D eigenvalue weighted by Crippen LogP contribution is 2.36. The number of nitro groups is 1. The first-order valence-corrected chi connectivity index (χ1v) is 7.04. The second kappa shape index (κ2) is 5.00. The maximum Gasteiger partial charge on any atom is 0.292 e. The molecule has 1 aliphatic carbocycles. The molecule has 0 unspecified atom stereocenters. The predicted octanol–water partition coefficient (Wildman–Crippen LogP) is 1.81. The molecule has 1 heterocycles. The number of amides is 1. The van der Waals surface area contributed by atoms with Gasteiger partial charge in [0.25, 0.3) is 5.69 Å². The number of nitrogens with one attached hydrogen (secondary N) is 2. The number of hydrogen-bond donors (Lipinski definition) is 3. The fourth-order valence-corrected chi connectivity index (χ4v) is 3.02. The summed E-state index contributed by atoms with van der Waals surface area (Å²) in [5, 5.41) is 27.1. The molecule has 1 aromatic carbocycles. The number of anilines is 2. The number of nitro benzene ring substituents is 1. The molecule has 1 saturated carbocycles. The summed E-state index contributed by atoms with van der Waals surface area (Å²) < 4.78 is 0. The molecule has 1 aliphatic heterocycles. The van der Waals surface area contributed by atoms with Crippen LogP contribution < -0.4 is 10.6 Å². The van der Waals surface area contributed by atoms with Gasteiger partial charge in [-0.15, -0.1) is 0 Å². The Morgan fingerprint density at radius 3 is 2.76 bits per heavy atom. The van der Waals surface area contributed by atoms with E-state index >= 15 is 0 Å². The lowest BCUT2D eigenvalue weighted by molar-refractivity contribution is -0.384. The first-order valence-electron chi connectivity index (χ1n) is 7.04. The van der Waals surface area contributed by atoms with Crippen molar-refractivity contribution >= 4 is 23.0 Å². The smallest absolute Gasteiger partial charge is 0.292 e. The molecule has 112 valence electrons. The van der Waals surface area contributed by atoms with Crippen LogP contribution in [-0.2, 0) is 11.2 Å². The molecule has 7 nitrogen and oxygen atoms in total. The lowest BCUT2D eigenvalue weighted by Crippen LogP contribution is -2.33. The van der Waals surface area contributed by atoms with Gasteiger partial charge >= 0.3 is 0 Å². The fourth-order valence-electron chi connectivity index (χ4n) is 3.02. The Hall–Kier alpha value is -2.15. The van der Waals surface area contributed by atoms with E-state index < -0.39 is 10.5 Å². The average molecular weight is 291 g/mol. The van der Waals surface area contributed by atoms with Crippen LogP contribution in [0.15, 0.2) is 12.1 Å². The van der Waals surface area contributed by atoms with Crippen LogP contribution >= 0.6 is 0 Å². The van der Waals surface area contributed by atoms with E-state index in [2.05, 4.69) is 10.6 Å². The summed E-state index contributed by atoms with van der Waals surface area (Å²) in [6, 6.07) is 3.00. The van der Waals surface area contributed by atoms with Crippen LogP contribution in [0.25, 0.3) is 0 Å². The zero-order valence-electron chi connectivity index (χ0n) is 11.5. The lowest BCUT2D eigenvalue weighted by Gasteiger charge is -2.23. The Labute approximate surface area is 121 Å².